The van der Waals surface area contributed by atoms with Crippen LogP contribution in [0, 0.1) is 0 Å². The van der Waals surface area contributed by atoms with E-state index >= 15 is 0 Å². The van der Waals surface area contributed by atoms with Crippen LogP contribution < -0.4 is 10.6 Å². The van der Waals surface area contributed by atoms with Gasteiger partial charge in [-0.2, -0.15) is 0 Å². The Morgan fingerprint density at radius 3 is 1.60 bits per heavy atom. The minimum atomic E-state index is -0.448. The van der Waals surface area contributed by atoms with Crippen LogP contribution in [-0.4, -0.2) is 110 Å². The molecule has 4 amide bonds. The van der Waals surface area contributed by atoms with Gasteiger partial charge in [-0.05, 0) is 126 Å². The highest BCUT2D eigenvalue weighted by atomic mass is 32.1. The normalized spacial score (nSPS) is 19.5. The van der Waals surface area contributed by atoms with E-state index in [4.69, 9.17) is 4.74 Å². The molecule has 0 aliphatic heterocycles. The largest absolute Gasteiger partial charge is 0.459 e. The van der Waals surface area contributed by atoms with Crippen molar-refractivity contribution in [3.63, 3.8) is 0 Å². The van der Waals surface area contributed by atoms with E-state index in [0.717, 1.165) is 68.9 Å². The predicted molar refractivity (Wildman–Crippen MR) is 291 cm³/mol. The minimum absolute atomic E-state index is 0.00907. The number of esters is 1. The number of benzene rings is 4. The number of nitrogens with one attached hydrogen (secondary N) is 2. The van der Waals surface area contributed by atoms with Crippen molar-refractivity contribution in [2.24, 2.45) is 0 Å². The first-order valence-electron chi connectivity index (χ1n) is 26.1. The summed E-state index contributed by atoms with van der Waals surface area (Å²) in [5, 5.41) is 8.50. The second kappa shape index (κ2) is 28.3. The van der Waals surface area contributed by atoms with Gasteiger partial charge in [0.1, 0.15) is 13.2 Å². The maximum atomic E-state index is 13.2. The van der Waals surface area contributed by atoms with Gasteiger partial charge in [-0.25, -0.2) is 0 Å². The van der Waals surface area contributed by atoms with Gasteiger partial charge in [0.15, 0.2) is 0 Å². The number of carbonyl (C=O) groups excluding carboxylic acids is 5. The highest BCUT2D eigenvalue weighted by Gasteiger charge is 2.41. The van der Waals surface area contributed by atoms with Gasteiger partial charge in [0.05, 0.1) is 5.54 Å². The van der Waals surface area contributed by atoms with Crippen LogP contribution in [0.3, 0.4) is 0 Å². The number of hydrogen-bond acceptors (Lipinski definition) is 9. The number of likely N-dealkylation sites (N-methyl/N-ethyl adjacent to an activating group) is 1. The van der Waals surface area contributed by atoms with Gasteiger partial charge < -0.3 is 25.2 Å². The van der Waals surface area contributed by atoms with Crippen LogP contribution >= 0.6 is 11.3 Å². The average molecular weight is 1010 g/mol. The lowest BCUT2D eigenvalue weighted by molar-refractivity contribution is -0.149. The quantitative estimate of drug-likeness (QED) is 0.0656. The van der Waals surface area contributed by atoms with Crippen LogP contribution in [0.2, 0.25) is 0 Å². The van der Waals surface area contributed by atoms with Gasteiger partial charge in [-0.15, -0.1) is 11.3 Å². The summed E-state index contributed by atoms with van der Waals surface area (Å²) in [5.74, 6) is -0.626. The third-order valence-corrected chi connectivity index (χ3v) is 15.9. The van der Waals surface area contributed by atoms with E-state index in [9.17, 15) is 24.0 Å². The molecule has 2 saturated carbocycles. The van der Waals surface area contributed by atoms with Crippen molar-refractivity contribution >= 4 is 40.9 Å². The number of rotatable bonds is 22. The van der Waals surface area contributed by atoms with Crippen LogP contribution in [-0.2, 0) is 59.4 Å². The minimum Gasteiger partial charge on any atom is -0.459 e. The highest BCUT2D eigenvalue weighted by molar-refractivity contribution is 7.10. The van der Waals surface area contributed by atoms with Crippen molar-refractivity contribution in [3.05, 3.63) is 166 Å². The van der Waals surface area contributed by atoms with Crippen LogP contribution in [0.5, 0.6) is 0 Å². The molecule has 5 aromatic rings. The number of thiophene rings is 1. The zero-order valence-electron chi connectivity index (χ0n) is 43.8. The summed E-state index contributed by atoms with van der Waals surface area (Å²) in [6, 6.07) is 45.0. The standard InChI is InChI=1S/C33H41N3O2.C27H37N3O4S/c1-35(2)33(29-16-10-5-11-17-29)23-20-30(21-24-33)34-31(37)18-19-32(38)36(26-28-14-8-4-9-15-28)25-22-27-12-6-3-7-13-27;1-29(2)27(23-11-8-18-35-23)16-14-22(15-17-27)28-24(31)12-7-13-25(32)30(3)19-26(33)34-20-21-9-5-4-6-10-21/h3-17,30H,18-26H2,1-2H3,(H,34,37);4-6,8-11,18,22H,7,12-17,19-20H2,1-3H3,(H,28,31). The molecule has 0 radical (unpaired) electrons. The van der Waals surface area contributed by atoms with Crippen LogP contribution in [0.15, 0.2) is 139 Å². The molecule has 12 nitrogen and oxygen atoms in total. The smallest absolute Gasteiger partial charge is 0.325 e. The molecule has 1 heterocycles. The van der Waals surface area contributed by atoms with Crippen molar-refractivity contribution in [1.29, 1.82) is 0 Å². The summed E-state index contributed by atoms with van der Waals surface area (Å²) < 4.78 is 5.23. The zero-order valence-corrected chi connectivity index (χ0v) is 44.6. The number of hydrogen-bond donors (Lipinski definition) is 2. The van der Waals surface area contributed by atoms with Crippen LogP contribution in [0.25, 0.3) is 0 Å². The molecule has 0 saturated heterocycles. The van der Waals surface area contributed by atoms with Crippen molar-refractivity contribution in [1.82, 2.24) is 30.2 Å². The zero-order chi connectivity index (χ0) is 52.1. The molecule has 390 valence electrons. The Kier molecular flexibility index (Phi) is 21.8. The molecule has 4 aromatic carbocycles. The molecular weight excluding hydrogens is 933 g/mol. The first-order chi connectivity index (χ1) is 35.3. The van der Waals surface area contributed by atoms with E-state index in [2.05, 4.69) is 109 Å². The lowest BCUT2D eigenvalue weighted by Gasteiger charge is -2.45. The Morgan fingerprint density at radius 1 is 0.562 bits per heavy atom. The highest BCUT2D eigenvalue weighted by Crippen LogP contribution is 2.43. The summed E-state index contributed by atoms with van der Waals surface area (Å²) in [6.45, 7) is 1.28. The number of ether oxygens (including phenoxy) is 1. The van der Waals surface area contributed by atoms with E-state index in [0.29, 0.717) is 25.9 Å². The third-order valence-electron chi connectivity index (χ3n) is 14.8. The number of nitrogens with zero attached hydrogens (tertiary/aromatic N) is 4. The van der Waals surface area contributed by atoms with Gasteiger partial charge in [-0.1, -0.05) is 127 Å². The van der Waals surface area contributed by atoms with Crippen molar-refractivity contribution < 1.29 is 28.7 Å². The van der Waals surface area contributed by atoms with Gasteiger partial charge in [-0.3, -0.25) is 33.8 Å². The second-order valence-electron chi connectivity index (χ2n) is 20.2. The fourth-order valence-electron chi connectivity index (χ4n) is 10.3. The maximum absolute atomic E-state index is 13.2. The van der Waals surface area contributed by atoms with E-state index < -0.39 is 5.97 Å². The summed E-state index contributed by atoms with van der Waals surface area (Å²) in [5.41, 5.74) is 4.61. The molecule has 2 fully saturated rings. The van der Waals surface area contributed by atoms with Crippen LogP contribution in [0.1, 0.15) is 111 Å². The Morgan fingerprint density at radius 2 is 1.07 bits per heavy atom. The Hall–Kier alpha value is -6.15. The maximum Gasteiger partial charge on any atom is 0.325 e. The molecule has 0 atom stereocenters. The van der Waals surface area contributed by atoms with E-state index in [1.807, 2.05) is 83.8 Å². The average Bonchev–Trinajstić information content (AvgIpc) is 3.96. The molecule has 0 bridgehead atoms. The lowest BCUT2D eigenvalue weighted by Crippen LogP contribution is -2.48. The van der Waals surface area contributed by atoms with Crippen LogP contribution in [0.4, 0.5) is 0 Å². The van der Waals surface area contributed by atoms with E-state index in [-0.39, 0.29) is 79.2 Å². The summed E-state index contributed by atoms with van der Waals surface area (Å²) in [4.78, 5) is 72.2. The van der Waals surface area contributed by atoms with Gasteiger partial charge in [0, 0.05) is 68.3 Å². The van der Waals surface area contributed by atoms with Crippen molar-refractivity contribution in [3.8, 4) is 0 Å². The van der Waals surface area contributed by atoms with E-state index in [1.54, 1.807) is 18.4 Å². The summed E-state index contributed by atoms with van der Waals surface area (Å²) in [6.07, 6.45) is 9.99. The molecule has 0 spiro atoms. The lowest BCUT2D eigenvalue weighted by atomic mass is 9.74. The number of amides is 4. The molecule has 73 heavy (non-hydrogen) atoms. The summed E-state index contributed by atoms with van der Waals surface area (Å²) in [7, 11) is 10.1. The molecular formula is C60H78N6O6S. The SMILES string of the molecule is CN(C)C1(c2ccccc2)CCC(NC(=O)CCC(=O)N(CCc2ccccc2)Cc2ccccc2)CC1.CN(CC(=O)OCc1ccccc1)C(=O)CCCC(=O)NC1CCC(c2cccs2)(N(C)C)CC1. The summed E-state index contributed by atoms with van der Waals surface area (Å²) >= 11 is 1.80. The molecule has 0 unspecified atom stereocenters. The molecule has 2 aliphatic carbocycles. The molecule has 1 aromatic heterocycles. The Bertz CT molecular complexity index is 2440. The fraction of sp³-hybridized carbons (Fsp3) is 0.450. The fourth-order valence-corrected chi connectivity index (χ4v) is 11.4. The first-order valence-corrected chi connectivity index (χ1v) is 27.0. The van der Waals surface area contributed by atoms with Crippen molar-refractivity contribution in [2.75, 3.05) is 48.3 Å². The molecule has 13 heteroatoms. The monoisotopic (exact) mass is 1010 g/mol. The van der Waals surface area contributed by atoms with Gasteiger partial charge in [0.25, 0.3) is 0 Å². The molecule has 2 N–H and O–H groups in total. The Balaban J connectivity index is 0.000000239. The molecule has 7 rings (SSSR count). The van der Waals surface area contributed by atoms with Gasteiger partial charge >= 0.3 is 5.97 Å². The van der Waals surface area contributed by atoms with Crippen molar-refractivity contribution in [2.45, 2.75) is 126 Å². The first kappa shape index (κ1) is 56.2. The molecule has 2 aliphatic rings. The van der Waals surface area contributed by atoms with Gasteiger partial charge in [0.2, 0.25) is 23.6 Å². The topological polar surface area (TPSA) is 132 Å². The number of carbonyl (C=O) groups is 5. The second-order valence-corrected chi connectivity index (χ2v) is 21.1. The Labute approximate surface area is 438 Å². The third kappa shape index (κ3) is 17.0. The predicted octanol–water partition coefficient (Wildman–Crippen LogP) is 9.49. The van der Waals surface area contributed by atoms with E-state index in [1.165, 1.54) is 20.9 Å².